The van der Waals surface area contributed by atoms with Crippen LogP contribution in [0.2, 0.25) is 0 Å². The summed E-state index contributed by atoms with van der Waals surface area (Å²) in [4.78, 5) is 13.5. The molecule has 0 atom stereocenters. The van der Waals surface area contributed by atoms with Gasteiger partial charge in [-0.05, 0) is 53.9 Å². The van der Waals surface area contributed by atoms with E-state index >= 15 is 0 Å². The van der Waals surface area contributed by atoms with Gasteiger partial charge < -0.3 is 14.0 Å². The molecule has 6 heteroatoms. The highest BCUT2D eigenvalue weighted by Crippen LogP contribution is 2.46. The minimum Gasteiger partial charge on any atom is -0.467 e. The lowest BCUT2D eigenvalue weighted by Gasteiger charge is -2.31. The summed E-state index contributed by atoms with van der Waals surface area (Å²) in [5.74, 6) is 0.700. The topological polar surface area (TPSA) is 45.5 Å². The zero-order valence-electron chi connectivity index (χ0n) is 13.2. The highest BCUT2D eigenvalue weighted by atomic mass is 79.9. The van der Waals surface area contributed by atoms with Crippen LogP contribution in [0.5, 0.6) is 0 Å². The summed E-state index contributed by atoms with van der Waals surface area (Å²) in [5.41, 5.74) is 3.36. The second-order valence-electron chi connectivity index (χ2n) is 5.64. The van der Waals surface area contributed by atoms with Gasteiger partial charge in [0.15, 0.2) is 0 Å². The van der Waals surface area contributed by atoms with Crippen molar-refractivity contribution in [3.05, 3.63) is 71.1 Å². The molecule has 25 heavy (non-hydrogen) atoms. The predicted molar refractivity (Wildman–Crippen MR) is 103 cm³/mol. The molecular weight excluding hydrogens is 400 g/mol. The molecule has 1 amide bonds. The summed E-state index contributed by atoms with van der Waals surface area (Å²) >= 11 is 5.14. The van der Waals surface area contributed by atoms with E-state index in [0.29, 0.717) is 6.54 Å². The van der Waals surface area contributed by atoms with E-state index in [1.54, 1.807) is 18.2 Å². The summed E-state index contributed by atoms with van der Waals surface area (Å²) in [5, 5.41) is 2.90. The quantitative estimate of drug-likeness (QED) is 0.619. The molecule has 0 aliphatic carbocycles. The Kier molecular flexibility index (Phi) is 4.55. The van der Waals surface area contributed by atoms with E-state index in [1.807, 2.05) is 40.7 Å². The van der Waals surface area contributed by atoms with Crippen molar-refractivity contribution in [1.29, 1.82) is 0 Å². The van der Waals surface area contributed by atoms with Crippen molar-refractivity contribution in [2.24, 2.45) is 0 Å². The van der Waals surface area contributed by atoms with Crippen molar-refractivity contribution >= 4 is 39.5 Å². The van der Waals surface area contributed by atoms with Crippen LogP contribution in [-0.2, 0) is 11.3 Å². The maximum atomic E-state index is 12.4. The molecule has 0 radical (unpaired) electrons. The zero-order valence-corrected chi connectivity index (χ0v) is 15.6. The monoisotopic (exact) mass is 414 g/mol. The summed E-state index contributed by atoms with van der Waals surface area (Å²) in [6.45, 7) is 0.669. The van der Waals surface area contributed by atoms with Crippen LogP contribution >= 0.6 is 27.9 Å². The van der Waals surface area contributed by atoms with Crippen LogP contribution in [0, 0.1) is 0 Å². The molecule has 0 saturated carbocycles. The predicted octanol–water partition coefficient (Wildman–Crippen LogP) is 4.85. The molecule has 3 aromatic rings. The van der Waals surface area contributed by atoms with Crippen molar-refractivity contribution < 1.29 is 9.21 Å². The number of amides is 1. The van der Waals surface area contributed by atoms with Gasteiger partial charge in [-0.15, -0.1) is 0 Å². The maximum absolute atomic E-state index is 12.4. The third-order valence-corrected chi connectivity index (χ3v) is 5.53. The fourth-order valence-corrected chi connectivity index (χ4v) is 4.23. The van der Waals surface area contributed by atoms with Gasteiger partial charge in [0.05, 0.1) is 18.5 Å². The number of hydrogen-bond donors (Lipinski definition) is 1. The number of halogens is 1. The lowest BCUT2D eigenvalue weighted by Crippen LogP contribution is -2.34. The largest absolute Gasteiger partial charge is 0.467 e. The molecule has 0 bridgehead atoms. The van der Waals surface area contributed by atoms with Crippen molar-refractivity contribution in [1.82, 2.24) is 5.32 Å². The molecule has 1 aliphatic rings. The lowest BCUT2D eigenvalue weighted by molar-refractivity contribution is -0.119. The molecule has 2 aromatic carbocycles. The molecule has 1 aromatic heterocycles. The molecule has 1 N–H and O–H groups in total. The number of hydrogen-bond acceptors (Lipinski definition) is 4. The average Bonchev–Trinajstić information content (AvgIpc) is 3.13. The Morgan fingerprint density at radius 3 is 2.84 bits per heavy atom. The van der Waals surface area contributed by atoms with Crippen LogP contribution in [0.15, 0.2) is 74.6 Å². The third kappa shape index (κ3) is 3.45. The van der Waals surface area contributed by atoms with Crippen LogP contribution in [0.4, 0.5) is 5.69 Å². The number of furan rings is 1. The summed E-state index contributed by atoms with van der Waals surface area (Å²) in [6.07, 6.45) is 1.60. The third-order valence-electron chi connectivity index (χ3n) is 3.94. The molecule has 0 spiro atoms. The van der Waals surface area contributed by atoms with E-state index in [2.05, 4.69) is 39.4 Å². The first-order valence-electron chi connectivity index (χ1n) is 7.84. The van der Waals surface area contributed by atoms with Gasteiger partial charge >= 0.3 is 0 Å². The van der Waals surface area contributed by atoms with E-state index < -0.39 is 0 Å². The van der Waals surface area contributed by atoms with Crippen LogP contribution in [-0.4, -0.2) is 12.5 Å². The second-order valence-corrected chi connectivity index (χ2v) is 7.62. The van der Waals surface area contributed by atoms with Gasteiger partial charge in [0.1, 0.15) is 12.3 Å². The van der Waals surface area contributed by atoms with Crippen LogP contribution in [0.3, 0.4) is 0 Å². The van der Waals surface area contributed by atoms with Gasteiger partial charge in [-0.1, -0.05) is 34.1 Å². The van der Waals surface area contributed by atoms with Gasteiger partial charge in [-0.2, -0.15) is 0 Å². The standard InChI is InChI=1S/C19H15BrN2O2S/c20-13-7-8-17-16(10-13)15-5-1-2-6-18(15)25-22(17)12-19(23)21-11-14-4-3-9-24-14/h1-10H,11-12H2,(H,21,23). The second kappa shape index (κ2) is 6.98. The van der Waals surface area contributed by atoms with Gasteiger partial charge in [0.25, 0.3) is 0 Å². The van der Waals surface area contributed by atoms with E-state index in [1.165, 1.54) is 5.56 Å². The molecule has 4 rings (SSSR count). The van der Waals surface area contributed by atoms with Crippen molar-refractivity contribution in [3.8, 4) is 11.1 Å². The Hall–Kier alpha value is -2.18. The van der Waals surface area contributed by atoms with Gasteiger partial charge in [0, 0.05) is 14.9 Å². The van der Waals surface area contributed by atoms with Crippen molar-refractivity contribution in [3.63, 3.8) is 0 Å². The van der Waals surface area contributed by atoms with E-state index in [0.717, 1.165) is 26.4 Å². The number of carbonyl (C=O) groups is 1. The SMILES string of the molecule is O=C(CN1Sc2ccccc2-c2cc(Br)ccc21)NCc1ccco1. The Bertz CT molecular complexity index is 912. The minimum absolute atomic E-state index is 0.0443. The smallest absolute Gasteiger partial charge is 0.240 e. The van der Waals surface area contributed by atoms with Crippen molar-refractivity contribution in [2.45, 2.75) is 11.4 Å². The molecular formula is C19H15BrN2O2S. The van der Waals surface area contributed by atoms with Crippen LogP contribution < -0.4 is 9.62 Å². The number of fused-ring (bicyclic) bond motifs is 3. The highest BCUT2D eigenvalue weighted by molar-refractivity contribution is 9.10. The number of carbonyl (C=O) groups excluding carboxylic acids is 1. The van der Waals surface area contributed by atoms with Gasteiger partial charge in [0.2, 0.25) is 5.91 Å². The first-order chi connectivity index (χ1) is 12.2. The maximum Gasteiger partial charge on any atom is 0.240 e. The fourth-order valence-electron chi connectivity index (χ4n) is 2.78. The Balaban J connectivity index is 1.56. The highest BCUT2D eigenvalue weighted by Gasteiger charge is 2.24. The van der Waals surface area contributed by atoms with Crippen LogP contribution in [0.1, 0.15) is 5.76 Å². The Morgan fingerprint density at radius 1 is 1.12 bits per heavy atom. The van der Waals surface area contributed by atoms with Gasteiger partial charge in [-0.3, -0.25) is 4.79 Å². The number of rotatable bonds is 4. The van der Waals surface area contributed by atoms with E-state index in [-0.39, 0.29) is 12.5 Å². The summed E-state index contributed by atoms with van der Waals surface area (Å²) in [7, 11) is 0. The molecule has 4 nitrogen and oxygen atoms in total. The number of benzene rings is 2. The Morgan fingerprint density at radius 2 is 2.00 bits per heavy atom. The average molecular weight is 415 g/mol. The number of anilines is 1. The van der Waals surface area contributed by atoms with E-state index in [9.17, 15) is 4.79 Å². The number of nitrogens with zero attached hydrogens (tertiary/aromatic N) is 1. The number of nitrogens with one attached hydrogen (secondary N) is 1. The molecule has 126 valence electrons. The molecule has 0 saturated heterocycles. The summed E-state index contributed by atoms with van der Waals surface area (Å²) in [6, 6.07) is 18.1. The minimum atomic E-state index is -0.0443. The summed E-state index contributed by atoms with van der Waals surface area (Å²) < 4.78 is 8.30. The normalized spacial score (nSPS) is 12.4. The van der Waals surface area contributed by atoms with Crippen molar-refractivity contribution in [2.75, 3.05) is 10.8 Å². The zero-order chi connectivity index (χ0) is 17.2. The van der Waals surface area contributed by atoms with Crippen LogP contribution in [0.25, 0.3) is 11.1 Å². The first-order valence-corrected chi connectivity index (χ1v) is 9.41. The lowest BCUT2D eigenvalue weighted by atomic mass is 10.0. The Labute approximate surface area is 158 Å². The molecule has 0 fully saturated rings. The molecule has 1 aliphatic heterocycles. The van der Waals surface area contributed by atoms with Gasteiger partial charge in [-0.25, -0.2) is 0 Å². The first kappa shape index (κ1) is 16.3. The molecule has 0 unspecified atom stereocenters. The molecule has 2 heterocycles. The van der Waals surface area contributed by atoms with E-state index in [4.69, 9.17) is 4.42 Å². The fraction of sp³-hybridized carbons (Fsp3) is 0.105.